The van der Waals surface area contributed by atoms with E-state index in [1.807, 2.05) is 31.2 Å². The van der Waals surface area contributed by atoms with Gasteiger partial charge in [0.05, 0.1) is 0 Å². The van der Waals surface area contributed by atoms with Crippen LogP contribution >= 0.6 is 12.2 Å². The minimum absolute atomic E-state index is 0.0299. The molecule has 5 heteroatoms. The molecular formula is C30H26N2O2S. The zero-order valence-electron chi connectivity index (χ0n) is 19.7. The molecule has 4 nitrogen and oxygen atoms in total. The van der Waals surface area contributed by atoms with Crippen molar-refractivity contribution in [2.45, 2.75) is 20.3 Å². The molecule has 0 radical (unpaired) electrons. The van der Waals surface area contributed by atoms with Gasteiger partial charge in [-0.05, 0) is 79.5 Å². The van der Waals surface area contributed by atoms with Crippen molar-refractivity contribution in [1.82, 2.24) is 4.90 Å². The van der Waals surface area contributed by atoms with Crippen LogP contribution in [0.5, 0.6) is 0 Å². The topological polar surface area (TPSA) is 49.4 Å². The van der Waals surface area contributed by atoms with Gasteiger partial charge in [-0.25, -0.2) is 4.90 Å². The number of carbonyl (C=O) groups excluding carboxylic acids is 2. The van der Waals surface area contributed by atoms with Crippen LogP contribution in [0.4, 0.5) is 5.69 Å². The van der Waals surface area contributed by atoms with E-state index < -0.39 is 11.8 Å². The fourth-order valence-corrected chi connectivity index (χ4v) is 4.18. The average molecular weight is 479 g/mol. The Balaban J connectivity index is 1.58. The first-order valence-corrected chi connectivity index (χ1v) is 11.8. The van der Waals surface area contributed by atoms with E-state index in [-0.39, 0.29) is 5.11 Å². The highest BCUT2D eigenvalue weighted by atomic mass is 32.1. The summed E-state index contributed by atoms with van der Waals surface area (Å²) in [5.74, 6) is -0.962. The fourth-order valence-electron chi connectivity index (χ4n) is 3.90. The number of nitrogens with zero attached hydrogens (tertiary/aromatic N) is 1. The monoisotopic (exact) mass is 478 g/mol. The van der Waals surface area contributed by atoms with Crippen molar-refractivity contribution < 1.29 is 9.59 Å². The standard InChI is InChI=1S/C30H26N2O2S/c1-21-10-9-11-23(18-21)20-24-16-17-27(22(2)19-24)31-30(35)32(28(33)25-12-5-3-6-13-25)29(34)26-14-7-4-8-15-26/h3-19H,20H2,1-2H3,(H,31,35). The van der Waals surface area contributed by atoms with E-state index in [0.717, 1.165) is 22.6 Å². The number of thiocarbonyl (C=S) groups is 1. The van der Waals surface area contributed by atoms with Crippen LogP contribution in [0.1, 0.15) is 43.0 Å². The number of benzene rings is 4. The lowest BCUT2D eigenvalue weighted by Gasteiger charge is -2.23. The number of hydrogen-bond acceptors (Lipinski definition) is 3. The van der Waals surface area contributed by atoms with Gasteiger partial charge in [-0.15, -0.1) is 0 Å². The molecule has 0 saturated carbocycles. The minimum Gasteiger partial charge on any atom is -0.332 e. The zero-order chi connectivity index (χ0) is 24.8. The van der Waals surface area contributed by atoms with Gasteiger partial charge in [-0.1, -0.05) is 78.4 Å². The molecule has 35 heavy (non-hydrogen) atoms. The molecule has 1 N–H and O–H groups in total. The molecule has 0 atom stereocenters. The summed E-state index contributed by atoms with van der Waals surface area (Å²) < 4.78 is 0. The third-order valence-corrected chi connectivity index (χ3v) is 5.96. The summed E-state index contributed by atoms with van der Waals surface area (Å²) >= 11 is 5.59. The van der Waals surface area contributed by atoms with E-state index >= 15 is 0 Å². The Morgan fingerprint density at radius 2 is 1.29 bits per heavy atom. The summed E-state index contributed by atoms with van der Waals surface area (Å²) in [5.41, 5.74) is 6.12. The van der Waals surface area contributed by atoms with Gasteiger partial charge < -0.3 is 5.32 Å². The number of aryl methyl sites for hydroxylation is 2. The van der Waals surface area contributed by atoms with Crippen LogP contribution in [0.15, 0.2) is 103 Å². The Labute approximate surface area is 211 Å². The predicted molar refractivity (Wildman–Crippen MR) is 145 cm³/mol. The molecule has 4 aromatic rings. The molecule has 0 unspecified atom stereocenters. The number of nitrogens with one attached hydrogen (secondary N) is 1. The van der Waals surface area contributed by atoms with E-state index in [2.05, 4.69) is 42.6 Å². The molecular weight excluding hydrogens is 452 g/mol. The van der Waals surface area contributed by atoms with Crippen molar-refractivity contribution in [2.24, 2.45) is 0 Å². The zero-order valence-corrected chi connectivity index (χ0v) is 20.5. The quantitative estimate of drug-likeness (QED) is 0.260. The van der Waals surface area contributed by atoms with Crippen LogP contribution in [-0.4, -0.2) is 21.8 Å². The van der Waals surface area contributed by atoms with E-state index in [9.17, 15) is 9.59 Å². The predicted octanol–water partition coefficient (Wildman–Crippen LogP) is 6.57. The maximum absolute atomic E-state index is 13.3. The second kappa shape index (κ2) is 10.9. The lowest BCUT2D eigenvalue weighted by Crippen LogP contribution is -2.44. The van der Waals surface area contributed by atoms with Crippen molar-refractivity contribution in [3.8, 4) is 0 Å². The van der Waals surface area contributed by atoms with Gasteiger partial charge in [0.15, 0.2) is 5.11 Å². The first-order valence-electron chi connectivity index (χ1n) is 11.4. The lowest BCUT2D eigenvalue weighted by molar-refractivity contribution is 0.0716. The van der Waals surface area contributed by atoms with Crippen molar-refractivity contribution in [2.75, 3.05) is 5.32 Å². The molecule has 0 fully saturated rings. The second-order valence-corrected chi connectivity index (χ2v) is 8.81. The Hall–Kier alpha value is -4.09. The lowest BCUT2D eigenvalue weighted by atomic mass is 10.0. The van der Waals surface area contributed by atoms with Gasteiger partial charge in [-0.3, -0.25) is 9.59 Å². The van der Waals surface area contributed by atoms with Gasteiger partial charge in [0, 0.05) is 16.8 Å². The van der Waals surface area contributed by atoms with Crippen molar-refractivity contribution in [3.63, 3.8) is 0 Å². The van der Waals surface area contributed by atoms with Gasteiger partial charge in [0.25, 0.3) is 11.8 Å². The van der Waals surface area contributed by atoms with Crippen LogP contribution in [0.3, 0.4) is 0 Å². The van der Waals surface area contributed by atoms with Crippen LogP contribution < -0.4 is 5.32 Å². The van der Waals surface area contributed by atoms with E-state index in [1.54, 1.807) is 48.5 Å². The number of anilines is 1. The third kappa shape index (κ3) is 5.89. The second-order valence-electron chi connectivity index (χ2n) is 8.42. The van der Waals surface area contributed by atoms with Gasteiger partial charge >= 0.3 is 0 Å². The Bertz CT molecular complexity index is 1320. The molecule has 0 aliphatic rings. The largest absolute Gasteiger partial charge is 0.332 e. The Morgan fingerprint density at radius 1 is 0.714 bits per heavy atom. The number of amides is 2. The fraction of sp³-hybridized carbons (Fsp3) is 0.100. The summed E-state index contributed by atoms with van der Waals surface area (Å²) in [6.07, 6.45) is 0.818. The third-order valence-electron chi connectivity index (χ3n) is 5.67. The van der Waals surface area contributed by atoms with Gasteiger partial charge in [0.2, 0.25) is 0 Å². The highest BCUT2D eigenvalue weighted by molar-refractivity contribution is 7.80. The first kappa shape index (κ1) is 24.0. The summed E-state index contributed by atoms with van der Waals surface area (Å²) in [5, 5.41) is 3.16. The van der Waals surface area contributed by atoms with E-state index in [1.165, 1.54) is 16.7 Å². The maximum Gasteiger partial charge on any atom is 0.267 e. The maximum atomic E-state index is 13.3. The summed E-state index contributed by atoms with van der Waals surface area (Å²) in [6.45, 7) is 4.06. The van der Waals surface area contributed by atoms with Crippen LogP contribution in [0.2, 0.25) is 0 Å². The molecule has 0 aliphatic heterocycles. The molecule has 2 amide bonds. The van der Waals surface area contributed by atoms with Crippen LogP contribution in [-0.2, 0) is 6.42 Å². The number of hydrogen-bond donors (Lipinski definition) is 1. The molecule has 4 rings (SSSR count). The molecule has 0 aliphatic carbocycles. The Kier molecular flexibility index (Phi) is 7.48. The number of rotatable bonds is 5. The minimum atomic E-state index is -0.481. The molecule has 174 valence electrons. The number of carbonyl (C=O) groups is 2. The molecule has 0 heterocycles. The van der Waals surface area contributed by atoms with Crippen molar-refractivity contribution in [1.29, 1.82) is 0 Å². The van der Waals surface area contributed by atoms with E-state index in [4.69, 9.17) is 12.2 Å². The molecule has 0 bridgehead atoms. The molecule has 0 saturated heterocycles. The van der Waals surface area contributed by atoms with E-state index in [0.29, 0.717) is 11.1 Å². The molecule has 0 aromatic heterocycles. The molecule has 4 aromatic carbocycles. The first-order chi connectivity index (χ1) is 16.9. The highest BCUT2D eigenvalue weighted by Gasteiger charge is 2.28. The number of imide groups is 1. The van der Waals surface area contributed by atoms with Crippen LogP contribution in [0, 0.1) is 13.8 Å². The van der Waals surface area contributed by atoms with Crippen LogP contribution in [0.25, 0.3) is 0 Å². The van der Waals surface area contributed by atoms with Crippen molar-refractivity contribution in [3.05, 3.63) is 137 Å². The smallest absolute Gasteiger partial charge is 0.267 e. The summed E-state index contributed by atoms with van der Waals surface area (Å²) in [4.78, 5) is 27.7. The SMILES string of the molecule is Cc1cccc(Cc2ccc(NC(=S)N(C(=O)c3ccccc3)C(=O)c3ccccc3)c(C)c2)c1. The normalized spacial score (nSPS) is 10.5. The average Bonchev–Trinajstić information content (AvgIpc) is 2.87. The van der Waals surface area contributed by atoms with Gasteiger partial charge in [0.1, 0.15) is 0 Å². The summed E-state index contributed by atoms with van der Waals surface area (Å²) in [7, 11) is 0. The Morgan fingerprint density at radius 3 is 1.83 bits per heavy atom. The molecule has 0 spiro atoms. The van der Waals surface area contributed by atoms with Crippen molar-refractivity contribution >= 4 is 34.8 Å². The van der Waals surface area contributed by atoms with Gasteiger partial charge in [-0.2, -0.15) is 0 Å². The summed E-state index contributed by atoms with van der Waals surface area (Å²) in [6, 6.07) is 31.8. The highest BCUT2D eigenvalue weighted by Crippen LogP contribution is 2.21.